The third-order valence-electron chi connectivity index (χ3n) is 5.04. The first kappa shape index (κ1) is 27.7. The van der Waals surface area contributed by atoms with Crippen molar-refractivity contribution in [2.75, 3.05) is 39.6 Å². The number of hydrogen-bond acceptors (Lipinski definition) is 10. The molecule has 0 bridgehead atoms. The molecule has 0 aromatic heterocycles. The minimum atomic E-state index is -1.14. The van der Waals surface area contributed by atoms with E-state index in [9.17, 15) is 24.5 Å². The van der Waals surface area contributed by atoms with E-state index in [-0.39, 0.29) is 60.2 Å². The zero-order chi connectivity index (χ0) is 25.8. The molecule has 1 aromatic rings. The van der Waals surface area contributed by atoms with Gasteiger partial charge in [0.2, 0.25) is 0 Å². The third-order valence-corrected chi connectivity index (χ3v) is 5.04. The molecule has 2 rings (SSSR count). The van der Waals surface area contributed by atoms with E-state index in [1.165, 1.54) is 24.3 Å². The fourth-order valence-electron chi connectivity index (χ4n) is 3.53. The van der Waals surface area contributed by atoms with Crippen LogP contribution in [0.4, 0.5) is 5.69 Å². The molecule has 190 valence electrons. The predicted octanol–water partition coefficient (Wildman–Crippen LogP) is 2.56. The van der Waals surface area contributed by atoms with Crippen molar-refractivity contribution in [2.45, 2.75) is 33.1 Å². The molecule has 1 aliphatic heterocycles. The number of aldehydes is 1. The van der Waals surface area contributed by atoms with Gasteiger partial charge in [-0.25, -0.2) is 9.59 Å². The number of rotatable bonds is 14. The lowest BCUT2D eigenvalue weighted by Crippen LogP contribution is -2.34. The Balaban J connectivity index is 2.48. The Morgan fingerprint density at radius 3 is 2.29 bits per heavy atom. The van der Waals surface area contributed by atoms with Crippen molar-refractivity contribution in [3.05, 3.63) is 62.5 Å². The van der Waals surface area contributed by atoms with Gasteiger partial charge in [0.15, 0.2) is 6.29 Å². The second kappa shape index (κ2) is 14.0. The lowest BCUT2D eigenvalue weighted by Gasteiger charge is -2.29. The minimum absolute atomic E-state index is 0.0294. The van der Waals surface area contributed by atoms with Crippen molar-refractivity contribution in [2.24, 2.45) is 0 Å². The molecule has 1 aliphatic rings. The Labute approximate surface area is 203 Å². The quantitative estimate of drug-likeness (QED) is 0.136. The van der Waals surface area contributed by atoms with Gasteiger partial charge in [0.25, 0.3) is 5.69 Å². The molecule has 0 saturated heterocycles. The number of esters is 2. The Morgan fingerprint density at radius 1 is 1.03 bits per heavy atom. The monoisotopic (exact) mass is 490 g/mol. The summed E-state index contributed by atoms with van der Waals surface area (Å²) in [7, 11) is 0. The van der Waals surface area contributed by atoms with E-state index in [1.807, 2.05) is 6.92 Å². The SMILES string of the molecule is CCCOCCOC(=O)C1=C(C=O)NC(C)=C(C(=O)OCCOCC)C1c1cccc([N+](=O)[O-])c1. The predicted molar refractivity (Wildman–Crippen MR) is 124 cm³/mol. The number of non-ortho nitro benzene ring substituents is 1. The second-order valence-corrected chi connectivity index (χ2v) is 7.48. The van der Waals surface area contributed by atoms with Gasteiger partial charge in [-0.1, -0.05) is 19.1 Å². The lowest BCUT2D eigenvalue weighted by molar-refractivity contribution is -0.384. The summed E-state index contributed by atoms with van der Waals surface area (Å²) in [4.78, 5) is 48.9. The van der Waals surface area contributed by atoms with Crippen LogP contribution in [-0.2, 0) is 33.3 Å². The molecule has 35 heavy (non-hydrogen) atoms. The average Bonchev–Trinajstić information content (AvgIpc) is 2.85. The Kier molecular flexibility index (Phi) is 11.0. The Bertz CT molecular complexity index is 1000. The van der Waals surface area contributed by atoms with Gasteiger partial charge in [-0.2, -0.15) is 0 Å². The smallest absolute Gasteiger partial charge is 0.337 e. The number of nitrogens with zero attached hydrogens (tertiary/aromatic N) is 1. The van der Waals surface area contributed by atoms with Gasteiger partial charge in [-0.3, -0.25) is 14.9 Å². The van der Waals surface area contributed by atoms with Crippen LogP contribution in [-0.4, -0.2) is 62.8 Å². The van der Waals surface area contributed by atoms with E-state index >= 15 is 0 Å². The van der Waals surface area contributed by atoms with Gasteiger partial charge in [0.1, 0.15) is 13.2 Å². The third kappa shape index (κ3) is 7.46. The van der Waals surface area contributed by atoms with Gasteiger partial charge < -0.3 is 24.3 Å². The van der Waals surface area contributed by atoms with Crippen LogP contribution in [0.25, 0.3) is 0 Å². The van der Waals surface area contributed by atoms with Crippen LogP contribution in [0, 0.1) is 10.1 Å². The molecule has 1 heterocycles. The fourth-order valence-corrected chi connectivity index (χ4v) is 3.53. The van der Waals surface area contributed by atoms with E-state index in [2.05, 4.69) is 5.32 Å². The first-order valence-corrected chi connectivity index (χ1v) is 11.3. The molecule has 0 radical (unpaired) electrons. The number of allylic oxidation sites excluding steroid dienone is 2. The van der Waals surface area contributed by atoms with Crippen LogP contribution in [0.5, 0.6) is 0 Å². The number of nitrogens with one attached hydrogen (secondary N) is 1. The molecule has 1 N–H and O–H groups in total. The maximum absolute atomic E-state index is 13.1. The van der Waals surface area contributed by atoms with Crippen LogP contribution in [0.1, 0.15) is 38.7 Å². The van der Waals surface area contributed by atoms with E-state index in [0.717, 1.165) is 6.42 Å². The average molecular weight is 491 g/mol. The fraction of sp³-hybridized carbons (Fsp3) is 0.458. The highest BCUT2D eigenvalue weighted by Gasteiger charge is 2.39. The van der Waals surface area contributed by atoms with Crippen LogP contribution < -0.4 is 5.32 Å². The minimum Gasteiger partial charge on any atom is -0.460 e. The van der Waals surface area contributed by atoms with Gasteiger partial charge in [-0.05, 0) is 25.8 Å². The van der Waals surface area contributed by atoms with Gasteiger partial charge in [-0.15, -0.1) is 0 Å². The molecule has 11 heteroatoms. The molecular weight excluding hydrogens is 460 g/mol. The lowest BCUT2D eigenvalue weighted by atomic mass is 9.80. The summed E-state index contributed by atoms with van der Waals surface area (Å²) in [5.41, 5.74) is 0.0544. The molecule has 11 nitrogen and oxygen atoms in total. The molecule has 1 atom stereocenters. The highest BCUT2D eigenvalue weighted by molar-refractivity contribution is 6.03. The number of ether oxygens (including phenoxy) is 4. The Hall–Kier alpha value is -3.57. The highest BCUT2D eigenvalue weighted by Crippen LogP contribution is 2.39. The van der Waals surface area contributed by atoms with Crippen LogP contribution in [0.3, 0.4) is 0 Å². The molecular formula is C24H30N2O9. The second-order valence-electron chi connectivity index (χ2n) is 7.48. The van der Waals surface area contributed by atoms with Crippen molar-refractivity contribution in [1.29, 1.82) is 0 Å². The first-order valence-electron chi connectivity index (χ1n) is 11.3. The van der Waals surface area contributed by atoms with E-state index in [1.54, 1.807) is 13.8 Å². The normalized spacial score (nSPS) is 15.5. The number of hydrogen-bond donors (Lipinski definition) is 1. The summed E-state index contributed by atoms with van der Waals surface area (Å²) in [6.07, 6.45) is 1.24. The summed E-state index contributed by atoms with van der Waals surface area (Å²) in [6, 6.07) is 5.50. The molecule has 0 fully saturated rings. The van der Waals surface area contributed by atoms with Crippen molar-refractivity contribution < 1.29 is 38.3 Å². The molecule has 0 saturated carbocycles. The van der Waals surface area contributed by atoms with Gasteiger partial charge in [0.05, 0.1) is 40.9 Å². The summed E-state index contributed by atoms with van der Waals surface area (Å²) >= 11 is 0. The van der Waals surface area contributed by atoms with Crippen molar-refractivity contribution in [1.82, 2.24) is 5.32 Å². The molecule has 0 amide bonds. The van der Waals surface area contributed by atoms with Crippen molar-refractivity contribution in [3.8, 4) is 0 Å². The summed E-state index contributed by atoms with van der Waals surface area (Å²) in [5.74, 6) is -2.75. The van der Waals surface area contributed by atoms with Gasteiger partial charge >= 0.3 is 11.9 Å². The van der Waals surface area contributed by atoms with Gasteiger partial charge in [0, 0.05) is 31.0 Å². The maximum Gasteiger partial charge on any atom is 0.337 e. The van der Waals surface area contributed by atoms with E-state index < -0.39 is 22.8 Å². The first-order chi connectivity index (χ1) is 16.8. The van der Waals surface area contributed by atoms with Crippen LogP contribution in [0.2, 0.25) is 0 Å². The summed E-state index contributed by atoms with van der Waals surface area (Å²) in [5, 5.41) is 14.2. The molecule has 0 spiro atoms. The number of carbonyl (C=O) groups excluding carboxylic acids is 3. The van der Waals surface area contributed by atoms with Crippen LogP contribution >= 0.6 is 0 Å². The largest absolute Gasteiger partial charge is 0.460 e. The molecule has 0 aliphatic carbocycles. The Morgan fingerprint density at radius 2 is 1.69 bits per heavy atom. The van der Waals surface area contributed by atoms with Crippen LogP contribution in [0.15, 0.2) is 46.8 Å². The van der Waals surface area contributed by atoms with Crippen molar-refractivity contribution in [3.63, 3.8) is 0 Å². The van der Waals surface area contributed by atoms with E-state index in [0.29, 0.717) is 19.5 Å². The maximum atomic E-state index is 13.1. The zero-order valence-electron chi connectivity index (χ0n) is 20.0. The highest BCUT2D eigenvalue weighted by atomic mass is 16.6. The molecule has 1 unspecified atom stereocenters. The number of nitro benzene ring substituents is 1. The number of dihydropyridines is 1. The standard InChI is InChI=1S/C24H30N2O9/c1-4-9-33-11-13-35-24(29)22-19(15-27)25-16(3)20(23(28)34-12-10-32-5-2)21(22)17-7-6-8-18(14-17)26(30)31/h6-8,14-15,21,25H,4-5,9-13H2,1-3H3. The summed E-state index contributed by atoms with van der Waals surface area (Å²) < 4.78 is 21.2. The topological polar surface area (TPSA) is 143 Å². The number of carbonyl (C=O) groups is 3. The van der Waals surface area contributed by atoms with Crippen molar-refractivity contribution >= 4 is 23.9 Å². The molecule has 1 aromatic carbocycles. The summed E-state index contributed by atoms with van der Waals surface area (Å²) in [6.45, 7) is 6.44. The number of nitro groups is 1. The zero-order valence-corrected chi connectivity index (χ0v) is 20.0. The number of benzene rings is 1. The van der Waals surface area contributed by atoms with E-state index in [4.69, 9.17) is 18.9 Å².